The molecule has 0 aliphatic carbocycles. The van der Waals surface area contributed by atoms with Gasteiger partial charge in [0.05, 0.1) is 11.4 Å². The highest BCUT2D eigenvalue weighted by Crippen LogP contribution is 2.33. The molecule has 1 aliphatic rings. The molecule has 1 aromatic carbocycles. The highest BCUT2D eigenvalue weighted by atomic mass is 16.7. The predicted molar refractivity (Wildman–Crippen MR) is 90.6 cm³/mol. The molecular formula is C15H14N8O4. The van der Waals surface area contributed by atoms with Crippen LogP contribution >= 0.6 is 0 Å². The Balaban J connectivity index is 1.45. The average molecular weight is 370 g/mol. The molecule has 27 heavy (non-hydrogen) atoms. The molecule has 0 spiro atoms. The highest BCUT2D eigenvalue weighted by Gasteiger charge is 2.21. The van der Waals surface area contributed by atoms with Crippen LogP contribution in [-0.2, 0) is 0 Å². The highest BCUT2D eigenvalue weighted by molar-refractivity contribution is 5.93. The number of nitrogens with two attached hydrogens (primary N) is 1. The van der Waals surface area contributed by atoms with Crippen molar-refractivity contribution in [2.75, 3.05) is 12.5 Å². The van der Waals surface area contributed by atoms with Gasteiger partial charge in [0.15, 0.2) is 17.2 Å². The smallest absolute Gasteiger partial charge is 0.292 e. The Morgan fingerprint density at radius 3 is 2.85 bits per heavy atom. The first kappa shape index (κ1) is 16.4. The quantitative estimate of drug-likeness (QED) is 0.529. The zero-order valence-corrected chi connectivity index (χ0v) is 14.1. The molecule has 0 unspecified atom stereocenters. The van der Waals surface area contributed by atoms with Crippen LogP contribution in [0, 0.1) is 6.92 Å². The zero-order valence-electron chi connectivity index (χ0n) is 14.1. The SMILES string of the molecule is C=C(NNC(=O)c1nnn(-c2nonc2N)c1C)c1ccc2c(c1)OCO2. The molecule has 138 valence electrons. The number of carbonyl (C=O) groups is 1. The van der Waals surface area contributed by atoms with Crippen molar-refractivity contribution in [3.05, 3.63) is 41.7 Å². The fourth-order valence-electron chi connectivity index (χ4n) is 2.43. The van der Waals surface area contributed by atoms with Crippen molar-refractivity contribution < 1.29 is 18.9 Å². The molecule has 3 aromatic rings. The lowest BCUT2D eigenvalue weighted by Crippen LogP contribution is -2.36. The maximum atomic E-state index is 12.4. The minimum Gasteiger partial charge on any atom is -0.454 e. The largest absolute Gasteiger partial charge is 0.454 e. The molecule has 4 rings (SSSR count). The van der Waals surface area contributed by atoms with Crippen molar-refractivity contribution in [1.82, 2.24) is 36.2 Å². The van der Waals surface area contributed by atoms with E-state index in [9.17, 15) is 4.79 Å². The first-order valence-corrected chi connectivity index (χ1v) is 7.70. The summed E-state index contributed by atoms with van der Waals surface area (Å²) >= 11 is 0. The van der Waals surface area contributed by atoms with E-state index in [-0.39, 0.29) is 24.1 Å². The standard InChI is InChI=1S/C15H14N8O4/c1-7(9-3-4-10-11(5-9)26-6-25-10)17-19-15(24)12-8(2)23(22-18-12)14-13(16)20-27-21-14/h3-5,17H,1,6H2,2H3,(H2,16,20)(H,19,24). The van der Waals surface area contributed by atoms with Crippen LogP contribution < -0.4 is 26.1 Å². The number of benzene rings is 1. The van der Waals surface area contributed by atoms with Gasteiger partial charge in [-0.25, -0.2) is 4.63 Å². The van der Waals surface area contributed by atoms with Gasteiger partial charge in [-0.2, -0.15) is 4.68 Å². The van der Waals surface area contributed by atoms with Crippen molar-refractivity contribution in [1.29, 1.82) is 0 Å². The number of hydrazine groups is 1. The van der Waals surface area contributed by atoms with Crippen molar-refractivity contribution in [2.24, 2.45) is 0 Å². The molecule has 3 heterocycles. The van der Waals surface area contributed by atoms with Crippen molar-refractivity contribution >= 4 is 17.4 Å². The molecule has 2 aromatic heterocycles. The monoisotopic (exact) mass is 370 g/mol. The summed E-state index contributed by atoms with van der Waals surface area (Å²) in [6.07, 6.45) is 0. The van der Waals surface area contributed by atoms with Crippen LogP contribution in [0.1, 0.15) is 21.7 Å². The van der Waals surface area contributed by atoms with Crippen molar-refractivity contribution in [2.45, 2.75) is 6.92 Å². The molecule has 0 radical (unpaired) electrons. The summed E-state index contributed by atoms with van der Waals surface area (Å²) in [5.41, 5.74) is 12.5. The zero-order chi connectivity index (χ0) is 19.0. The third kappa shape index (κ3) is 2.88. The molecule has 0 saturated heterocycles. The van der Waals surface area contributed by atoms with Crippen LogP contribution in [0.15, 0.2) is 29.4 Å². The van der Waals surface area contributed by atoms with E-state index in [1.165, 1.54) is 4.68 Å². The van der Waals surface area contributed by atoms with E-state index in [2.05, 4.69) is 42.7 Å². The van der Waals surface area contributed by atoms with E-state index in [0.29, 0.717) is 22.9 Å². The van der Waals surface area contributed by atoms with Crippen LogP contribution in [-0.4, -0.2) is 38.0 Å². The number of rotatable bonds is 5. The maximum absolute atomic E-state index is 12.4. The number of carbonyl (C=O) groups excluding carboxylic acids is 1. The maximum Gasteiger partial charge on any atom is 0.292 e. The van der Waals surface area contributed by atoms with E-state index in [4.69, 9.17) is 15.2 Å². The number of hydrogen-bond acceptors (Lipinski definition) is 10. The topological polar surface area (TPSA) is 155 Å². The summed E-state index contributed by atoms with van der Waals surface area (Å²) in [6, 6.07) is 5.31. The second kappa shape index (κ2) is 6.33. The number of nitrogens with zero attached hydrogens (tertiary/aromatic N) is 5. The Bertz CT molecular complexity index is 1040. The average Bonchev–Trinajstić information content (AvgIpc) is 3.38. The Labute approximate surface area is 151 Å². The first-order valence-electron chi connectivity index (χ1n) is 7.70. The number of nitrogens with one attached hydrogen (secondary N) is 2. The molecule has 0 fully saturated rings. The second-order valence-electron chi connectivity index (χ2n) is 5.53. The van der Waals surface area contributed by atoms with Gasteiger partial charge in [0.1, 0.15) is 0 Å². The number of fused-ring (bicyclic) bond motifs is 1. The van der Waals surface area contributed by atoms with Crippen LogP contribution in [0.25, 0.3) is 11.5 Å². The minimum absolute atomic E-state index is 0.0317. The van der Waals surface area contributed by atoms with Gasteiger partial charge >= 0.3 is 0 Å². The Morgan fingerprint density at radius 2 is 2.07 bits per heavy atom. The molecule has 0 bridgehead atoms. The van der Waals surface area contributed by atoms with Gasteiger partial charge in [-0.1, -0.05) is 11.8 Å². The van der Waals surface area contributed by atoms with Crippen molar-refractivity contribution in [3.63, 3.8) is 0 Å². The van der Waals surface area contributed by atoms with Gasteiger partial charge < -0.3 is 15.2 Å². The molecule has 4 N–H and O–H groups in total. The molecule has 0 saturated carbocycles. The molecular weight excluding hydrogens is 356 g/mol. The van der Waals surface area contributed by atoms with E-state index in [0.717, 1.165) is 5.56 Å². The molecule has 12 heteroatoms. The Hall–Kier alpha value is -4.09. The fraction of sp³-hybridized carbons (Fsp3) is 0.133. The van der Waals surface area contributed by atoms with Crippen LogP contribution in [0.4, 0.5) is 5.82 Å². The number of hydrogen-bond donors (Lipinski definition) is 3. The van der Waals surface area contributed by atoms with E-state index < -0.39 is 5.91 Å². The fourth-order valence-corrected chi connectivity index (χ4v) is 2.43. The first-order chi connectivity index (χ1) is 13.0. The van der Waals surface area contributed by atoms with Gasteiger partial charge in [-0.15, -0.1) is 5.10 Å². The normalized spacial score (nSPS) is 12.0. The molecule has 12 nitrogen and oxygen atoms in total. The van der Waals surface area contributed by atoms with E-state index in [1.807, 2.05) is 0 Å². The third-order valence-corrected chi connectivity index (χ3v) is 3.85. The van der Waals surface area contributed by atoms with Gasteiger partial charge in [0, 0.05) is 5.56 Å². The van der Waals surface area contributed by atoms with Gasteiger partial charge in [0.25, 0.3) is 5.91 Å². The summed E-state index contributed by atoms with van der Waals surface area (Å²) in [6.45, 7) is 5.70. The molecule has 1 amide bonds. The summed E-state index contributed by atoms with van der Waals surface area (Å²) in [7, 11) is 0. The third-order valence-electron chi connectivity index (χ3n) is 3.85. The number of ether oxygens (including phenoxy) is 2. The predicted octanol–water partition coefficient (Wildman–Crippen LogP) is 0.175. The lowest BCUT2D eigenvalue weighted by atomic mass is 10.1. The van der Waals surface area contributed by atoms with Crippen LogP contribution in [0.2, 0.25) is 0 Å². The van der Waals surface area contributed by atoms with Gasteiger partial charge in [-0.3, -0.25) is 15.6 Å². The minimum atomic E-state index is -0.518. The molecule has 0 atom stereocenters. The van der Waals surface area contributed by atoms with E-state index >= 15 is 0 Å². The summed E-state index contributed by atoms with van der Waals surface area (Å²) in [5.74, 6) is 0.931. The second-order valence-corrected chi connectivity index (χ2v) is 5.53. The Kier molecular flexibility index (Phi) is 3.84. The summed E-state index contributed by atoms with van der Waals surface area (Å²) in [4.78, 5) is 12.4. The number of amides is 1. The van der Waals surface area contributed by atoms with Gasteiger partial charge in [0.2, 0.25) is 18.4 Å². The summed E-state index contributed by atoms with van der Waals surface area (Å²) in [5, 5.41) is 14.8. The Morgan fingerprint density at radius 1 is 1.26 bits per heavy atom. The van der Waals surface area contributed by atoms with Crippen molar-refractivity contribution in [3.8, 4) is 17.3 Å². The lowest BCUT2D eigenvalue weighted by Gasteiger charge is -2.11. The molecule has 1 aliphatic heterocycles. The number of anilines is 1. The van der Waals surface area contributed by atoms with Gasteiger partial charge in [-0.05, 0) is 35.4 Å². The lowest BCUT2D eigenvalue weighted by molar-refractivity contribution is 0.0936. The van der Waals surface area contributed by atoms with Crippen LogP contribution in [0.5, 0.6) is 11.5 Å². The number of nitrogen functional groups attached to an aromatic ring is 1. The van der Waals surface area contributed by atoms with Crippen LogP contribution in [0.3, 0.4) is 0 Å². The summed E-state index contributed by atoms with van der Waals surface area (Å²) < 4.78 is 16.4. The number of aromatic nitrogens is 5. The van der Waals surface area contributed by atoms with E-state index in [1.54, 1.807) is 25.1 Å².